The average Bonchev–Trinajstić information content (AvgIpc) is 2.68. The van der Waals surface area contributed by atoms with E-state index in [4.69, 9.17) is 5.73 Å². The lowest BCUT2D eigenvalue weighted by molar-refractivity contribution is -0.137. The number of amides is 2. The van der Waals surface area contributed by atoms with Crippen LogP contribution in [-0.2, 0) is 22.6 Å². The van der Waals surface area contributed by atoms with Gasteiger partial charge in [-0.25, -0.2) is 4.39 Å². The molecule has 3 rings (SSSR count). The predicted octanol–water partition coefficient (Wildman–Crippen LogP) is 1.96. The molecule has 1 unspecified atom stereocenters. The second-order valence-electron chi connectivity index (χ2n) is 6.84. The fourth-order valence-electron chi connectivity index (χ4n) is 3.38. The van der Waals surface area contributed by atoms with Gasteiger partial charge in [-0.2, -0.15) is 0 Å². The molecule has 1 aliphatic heterocycles. The average molecular weight is 369 g/mol. The lowest BCUT2D eigenvalue weighted by Crippen LogP contribution is -2.58. The predicted molar refractivity (Wildman–Crippen MR) is 101 cm³/mol. The van der Waals surface area contributed by atoms with Crippen molar-refractivity contribution in [2.45, 2.75) is 25.4 Å². The summed E-state index contributed by atoms with van der Waals surface area (Å²) in [5.41, 5.74) is 7.63. The summed E-state index contributed by atoms with van der Waals surface area (Å²) in [7, 11) is 0. The molecule has 27 heavy (non-hydrogen) atoms. The standard InChI is InChI=1S/C21H24FN3O2/c22-18-9-6-16(7-10-18)8-11-20(26)25-13-12-24(19(15-25)21(23)27)14-17-4-2-1-3-5-17/h1-7,9-10,19H,8,11-15H2,(H2,23,27). The molecule has 142 valence electrons. The van der Waals surface area contributed by atoms with E-state index in [1.54, 1.807) is 17.0 Å². The summed E-state index contributed by atoms with van der Waals surface area (Å²) in [5.74, 6) is -0.712. The Labute approximate surface area is 158 Å². The smallest absolute Gasteiger partial charge is 0.236 e. The van der Waals surface area contributed by atoms with Crippen LogP contribution in [0.4, 0.5) is 4.39 Å². The van der Waals surface area contributed by atoms with Gasteiger partial charge in [-0.1, -0.05) is 42.5 Å². The number of carbonyl (C=O) groups excluding carboxylic acids is 2. The minimum atomic E-state index is -0.492. The molecule has 0 bridgehead atoms. The van der Waals surface area contributed by atoms with Crippen molar-refractivity contribution >= 4 is 11.8 Å². The van der Waals surface area contributed by atoms with Crippen molar-refractivity contribution in [1.29, 1.82) is 0 Å². The molecule has 1 heterocycles. The fourth-order valence-corrected chi connectivity index (χ4v) is 3.38. The van der Waals surface area contributed by atoms with E-state index in [0.29, 0.717) is 39.0 Å². The molecular formula is C21H24FN3O2. The minimum absolute atomic E-state index is 0.00932. The first kappa shape index (κ1) is 19.0. The molecule has 2 aromatic rings. The highest BCUT2D eigenvalue weighted by Crippen LogP contribution is 2.16. The van der Waals surface area contributed by atoms with E-state index in [9.17, 15) is 14.0 Å². The van der Waals surface area contributed by atoms with Crippen LogP contribution < -0.4 is 5.73 Å². The number of nitrogens with two attached hydrogens (primary N) is 1. The molecule has 2 N–H and O–H groups in total. The minimum Gasteiger partial charge on any atom is -0.368 e. The van der Waals surface area contributed by atoms with Gasteiger partial charge in [0.05, 0.1) is 0 Å². The van der Waals surface area contributed by atoms with Gasteiger partial charge in [0.15, 0.2) is 0 Å². The quantitative estimate of drug-likeness (QED) is 0.846. The van der Waals surface area contributed by atoms with Crippen molar-refractivity contribution in [2.75, 3.05) is 19.6 Å². The zero-order valence-corrected chi connectivity index (χ0v) is 15.2. The second-order valence-corrected chi connectivity index (χ2v) is 6.84. The van der Waals surface area contributed by atoms with Gasteiger partial charge in [0, 0.05) is 32.6 Å². The van der Waals surface area contributed by atoms with Crippen molar-refractivity contribution in [3.63, 3.8) is 0 Å². The first-order valence-electron chi connectivity index (χ1n) is 9.12. The van der Waals surface area contributed by atoms with Gasteiger partial charge in [-0.05, 0) is 29.7 Å². The molecule has 0 aliphatic carbocycles. The normalized spacial score (nSPS) is 17.7. The number of aryl methyl sites for hydroxylation is 1. The maximum Gasteiger partial charge on any atom is 0.236 e. The third-order valence-corrected chi connectivity index (χ3v) is 4.94. The third-order valence-electron chi connectivity index (χ3n) is 4.94. The molecular weight excluding hydrogens is 345 g/mol. The highest BCUT2D eigenvalue weighted by Gasteiger charge is 2.32. The van der Waals surface area contributed by atoms with Gasteiger partial charge >= 0.3 is 0 Å². The van der Waals surface area contributed by atoms with Gasteiger partial charge in [0.25, 0.3) is 0 Å². The molecule has 0 aromatic heterocycles. The molecule has 1 saturated heterocycles. The SMILES string of the molecule is NC(=O)C1CN(C(=O)CCc2ccc(F)cc2)CCN1Cc1ccccc1. The summed E-state index contributed by atoms with van der Waals surface area (Å²) in [6.07, 6.45) is 0.875. The van der Waals surface area contributed by atoms with Crippen molar-refractivity contribution in [3.05, 3.63) is 71.5 Å². The maximum absolute atomic E-state index is 13.0. The summed E-state index contributed by atoms with van der Waals surface area (Å²) < 4.78 is 13.0. The van der Waals surface area contributed by atoms with Crippen molar-refractivity contribution in [1.82, 2.24) is 9.80 Å². The van der Waals surface area contributed by atoms with Crippen LogP contribution in [-0.4, -0.2) is 47.3 Å². The van der Waals surface area contributed by atoms with Gasteiger partial charge in [-0.3, -0.25) is 14.5 Å². The first-order chi connectivity index (χ1) is 13.0. The monoisotopic (exact) mass is 369 g/mol. The van der Waals surface area contributed by atoms with Gasteiger partial charge in [-0.15, -0.1) is 0 Å². The molecule has 5 nitrogen and oxygen atoms in total. The largest absolute Gasteiger partial charge is 0.368 e. The first-order valence-corrected chi connectivity index (χ1v) is 9.12. The Morgan fingerprint density at radius 1 is 1.00 bits per heavy atom. The number of hydrogen-bond acceptors (Lipinski definition) is 3. The number of halogens is 1. The van der Waals surface area contributed by atoms with E-state index in [2.05, 4.69) is 0 Å². The number of hydrogen-bond donors (Lipinski definition) is 1. The Balaban J connectivity index is 1.57. The van der Waals surface area contributed by atoms with Crippen LogP contribution in [0.15, 0.2) is 54.6 Å². The van der Waals surface area contributed by atoms with E-state index in [1.165, 1.54) is 12.1 Å². The number of rotatable bonds is 6. The second kappa shape index (κ2) is 8.77. The highest BCUT2D eigenvalue weighted by atomic mass is 19.1. The number of piperazine rings is 1. The Kier molecular flexibility index (Phi) is 6.19. The summed E-state index contributed by atoms with van der Waals surface area (Å²) in [6.45, 7) is 2.11. The zero-order chi connectivity index (χ0) is 19.2. The van der Waals surface area contributed by atoms with Crippen molar-refractivity contribution < 1.29 is 14.0 Å². The fraction of sp³-hybridized carbons (Fsp3) is 0.333. The Morgan fingerprint density at radius 3 is 2.37 bits per heavy atom. The van der Waals surface area contributed by atoms with E-state index in [0.717, 1.165) is 11.1 Å². The van der Waals surface area contributed by atoms with Crippen molar-refractivity contribution in [2.24, 2.45) is 5.73 Å². The van der Waals surface area contributed by atoms with Crippen LogP contribution in [0.5, 0.6) is 0 Å². The Bertz CT molecular complexity index is 780. The van der Waals surface area contributed by atoms with E-state index in [1.807, 2.05) is 35.2 Å². The lowest BCUT2D eigenvalue weighted by Gasteiger charge is -2.40. The van der Waals surface area contributed by atoms with E-state index in [-0.39, 0.29) is 11.7 Å². The molecule has 6 heteroatoms. The van der Waals surface area contributed by atoms with Crippen LogP contribution in [0.2, 0.25) is 0 Å². The van der Waals surface area contributed by atoms with Crippen LogP contribution in [0.3, 0.4) is 0 Å². The van der Waals surface area contributed by atoms with Crippen LogP contribution in [0, 0.1) is 5.82 Å². The summed E-state index contributed by atoms with van der Waals surface area (Å²) in [5, 5.41) is 0. The third kappa shape index (κ3) is 5.14. The van der Waals surface area contributed by atoms with E-state index >= 15 is 0 Å². The van der Waals surface area contributed by atoms with Gasteiger partial charge in [0.2, 0.25) is 11.8 Å². The number of nitrogens with zero attached hydrogens (tertiary/aromatic N) is 2. The summed E-state index contributed by atoms with van der Waals surface area (Å²) >= 11 is 0. The Morgan fingerprint density at radius 2 is 1.70 bits per heavy atom. The number of carbonyl (C=O) groups is 2. The molecule has 1 fully saturated rings. The molecule has 2 aromatic carbocycles. The lowest BCUT2D eigenvalue weighted by atomic mass is 10.1. The topological polar surface area (TPSA) is 66.6 Å². The summed E-state index contributed by atoms with van der Waals surface area (Å²) in [6, 6.07) is 15.6. The summed E-state index contributed by atoms with van der Waals surface area (Å²) in [4.78, 5) is 28.2. The molecule has 0 radical (unpaired) electrons. The van der Waals surface area contributed by atoms with Gasteiger partial charge in [0.1, 0.15) is 11.9 Å². The molecule has 0 spiro atoms. The zero-order valence-electron chi connectivity index (χ0n) is 15.2. The Hall–Kier alpha value is -2.73. The van der Waals surface area contributed by atoms with Gasteiger partial charge < -0.3 is 10.6 Å². The molecule has 2 amide bonds. The van der Waals surface area contributed by atoms with Crippen molar-refractivity contribution in [3.8, 4) is 0 Å². The van der Waals surface area contributed by atoms with Crippen LogP contribution in [0.25, 0.3) is 0 Å². The number of primary amides is 1. The molecule has 0 saturated carbocycles. The van der Waals surface area contributed by atoms with Crippen LogP contribution >= 0.6 is 0 Å². The van der Waals surface area contributed by atoms with E-state index < -0.39 is 11.9 Å². The van der Waals surface area contributed by atoms with Crippen LogP contribution in [0.1, 0.15) is 17.5 Å². The molecule has 1 aliphatic rings. The molecule has 1 atom stereocenters. The number of benzene rings is 2. The maximum atomic E-state index is 13.0. The highest BCUT2D eigenvalue weighted by molar-refractivity contribution is 5.82.